The first-order chi connectivity index (χ1) is 4.24. The second kappa shape index (κ2) is 2.14. The van der Waals surface area contributed by atoms with E-state index in [1.807, 2.05) is 0 Å². The van der Waals surface area contributed by atoms with Gasteiger partial charge in [-0.1, -0.05) is 0 Å². The summed E-state index contributed by atoms with van der Waals surface area (Å²) in [5.74, 6) is 5.02. The third-order valence-electron chi connectivity index (χ3n) is 0.844. The molecule has 0 unspecified atom stereocenters. The molecule has 1 rings (SSSR count). The van der Waals surface area contributed by atoms with Crippen molar-refractivity contribution in [2.45, 2.75) is 5.88 Å². The number of nitrogens with two attached hydrogens (primary N) is 1. The van der Waals surface area contributed by atoms with Crippen molar-refractivity contribution in [2.75, 3.05) is 5.84 Å². The maximum absolute atomic E-state index is 10.4. The molecule has 0 aromatic carbocycles. The Morgan fingerprint density at radius 3 is 2.78 bits per heavy atom. The summed E-state index contributed by atoms with van der Waals surface area (Å²) in [7, 11) is 0. The lowest BCUT2D eigenvalue weighted by atomic mass is 10.6. The molecule has 1 heterocycles. The maximum Gasteiger partial charge on any atom is 0.437 e. The van der Waals surface area contributed by atoms with E-state index in [0.29, 0.717) is 5.76 Å². The fourth-order valence-electron chi connectivity index (χ4n) is 0.461. The van der Waals surface area contributed by atoms with Gasteiger partial charge in [0.25, 0.3) is 0 Å². The lowest BCUT2D eigenvalue weighted by Crippen LogP contribution is -2.20. The average Bonchev–Trinajstić information content (AvgIpc) is 2.13. The zero-order valence-electron chi connectivity index (χ0n) is 4.50. The molecular weight excluding hydrogens is 144 g/mol. The van der Waals surface area contributed by atoms with Gasteiger partial charge in [-0.2, -0.15) is 4.68 Å². The molecule has 1 aromatic rings. The van der Waals surface area contributed by atoms with E-state index in [2.05, 4.69) is 4.42 Å². The van der Waals surface area contributed by atoms with Crippen LogP contribution in [0.1, 0.15) is 5.76 Å². The monoisotopic (exact) mass is 148 g/mol. The first-order valence-corrected chi connectivity index (χ1v) is 2.80. The van der Waals surface area contributed by atoms with Gasteiger partial charge in [0.1, 0.15) is 5.76 Å². The highest BCUT2D eigenvalue weighted by molar-refractivity contribution is 6.16. The van der Waals surface area contributed by atoms with Gasteiger partial charge >= 0.3 is 5.76 Å². The molecule has 2 N–H and O–H groups in total. The van der Waals surface area contributed by atoms with Crippen molar-refractivity contribution in [2.24, 2.45) is 0 Å². The van der Waals surface area contributed by atoms with Crippen molar-refractivity contribution in [1.29, 1.82) is 0 Å². The highest BCUT2D eigenvalue weighted by atomic mass is 35.5. The van der Waals surface area contributed by atoms with Crippen LogP contribution in [0.15, 0.2) is 15.4 Å². The van der Waals surface area contributed by atoms with Crippen LogP contribution in [0.3, 0.4) is 0 Å². The van der Waals surface area contributed by atoms with Crippen LogP contribution in [0, 0.1) is 0 Å². The van der Waals surface area contributed by atoms with Crippen molar-refractivity contribution in [1.82, 2.24) is 4.68 Å². The fraction of sp³-hybridized carbons (Fsp3) is 0.250. The molecular formula is C4H5ClN2O2. The molecule has 0 fully saturated rings. The van der Waals surface area contributed by atoms with Gasteiger partial charge in [-0.25, -0.2) is 4.79 Å². The summed E-state index contributed by atoms with van der Waals surface area (Å²) in [6.45, 7) is 0. The predicted octanol–water partition coefficient (Wildman–Crippen LogP) is -0.106. The van der Waals surface area contributed by atoms with Gasteiger partial charge in [0, 0.05) is 0 Å². The first kappa shape index (κ1) is 6.22. The van der Waals surface area contributed by atoms with Crippen molar-refractivity contribution in [3.63, 3.8) is 0 Å². The number of hydrogen-bond acceptors (Lipinski definition) is 3. The molecule has 0 saturated heterocycles. The second-order valence-corrected chi connectivity index (χ2v) is 1.77. The summed E-state index contributed by atoms with van der Waals surface area (Å²) in [6, 6.07) is 0. The third-order valence-corrected chi connectivity index (χ3v) is 1.11. The molecule has 5 heteroatoms. The van der Waals surface area contributed by atoms with Gasteiger partial charge in [0.05, 0.1) is 12.1 Å². The fourth-order valence-corrected chi connectivity index (χ4v) is 0.584. The molecule has 0 atom stereocenters. The number of aromatic nitrogens is 1. The molecule has 0 saturated carbocycles. The molecule has 0 aliphatic rings. The molecule has 0 aliphatic carbocycles. The third kappa shape index (κ3) is 1.08. The van der Waals surface area contributed by atoms with Gasteiger partial charge in [0.15, 0.2) is 0 Å². The minimum atomic E-state index is -0.592. The normalized spacial score (nSPS) is 9.89. The van der Waals surface area contributed by atoms with Gasteiger partial charge in [0.2, 0.25) is 0 Å². The minimum absolute atomic E-state index is 0.166. The summed E-state index contributed by atoms with van der Waals surface area (Å²) in [4.78, 5) is 10.4. The van der Waals surface area contributed by atoms with E-state index in [4.69, 9.17) is 17.4 Å². The van der Waals surface area contributed by atoms with Crippen LogP contribution in [-0.2, 0) is 5.88 Å². The largest absolute Gasteiger partial charge is 0.437 e. The Bertz CT molecular complexity index is 251. The lowest BCUT2D eigenvalue weighted by molar-refractivity contribution is 0.472. The number of alkyl halides is 1. The number of rotatable bonds is 1. The van der Waals surface area contributed by atoms with Gasteiger partial charge < -0.3 is 10.3 Å². The number of oxazole rings is 1. The quantitative estimate of drug-likeness (QED) is 0.447. The number of nitrogen functional groups attached to an aromatic ring is 1. The summed E-state index contributed by atoms with van der Waals surface area (Å²) in [6.07, 6.45) is 1.34. The molecule has 9 heavy (non-hydrogen) atoms. The smallest absolute Gasteiger partial charge is 0.410 e. The zero-order chi connectivity index (χ0) is 6.85. The van der Waals surface area contributed by atoms with E-state index in [0.717, 1.165) is 4.68 Å². The Morgan fingerprint density at radius 1 is 1.89 bits per heavy atom. The van der Waals surface area contributed by atoms with Crippen LogP contribution >= 0.6 is 11.6 Å². The van der Waals surface area contributed by atoms with Crippen LogP contribution in [0.5, 0.6) is 0 Å². The Labute approximate surface area is 55.8 Å². The lowest BCUT2D eigenvalue weighted by Gasteiger charge is -1.78. The van der Waals surface area contributed by atoms with E-state index in [-0.39, 0.29) is 5.88 Å². The van der Waals surface area contributed by atoms with Crippen LogP contribution < -0.4 is 11.6 Å². The average molecular weight is 149 g/mol. The summed E-state index contributed by atoms with van der Waals surface area (Å²) >= 11 is 5.31. The molecule has 0 spiro atoms. The van der Waals surface area contributed by atoms with E-state index in [9.17, 15) is 4.79 Å². The van der Waals surface area contributed by atoms with Crippen molar-refractivity contribution in [3.8, 4) is 0 Å². The zero-order valence-corrected chi connectivity index (χ0v) is 5.26. The Morgan fingerprint density at radius 2 is 2.56 bits per heavy atom. The van der Waals surface area contributed by atoms with Crippen LogP contribution in [0.2, 0.25) is 0 Å². The van der Waals surface area contributed by atoms with E-state index < -0.39 is 5.76 Å². The molecule has 0 amide bonds. The highest BCUT2D eigenvalue weighted by Crippen LogP contribution is 1.96. The Kier molecular flexibility index (Phi) is 1.48. The van der Waals surface area contributed by atoms with Crippen LogP contribution in [0.4, 0.5) is 0 Å². The Hall–Kier alpha value is -0.900. The van der Waals surface area contributed by atoms with Crippen LogP contribution in [0.25, 0.3) is 0 Å². The van der Waals surface area contributed by atoms with Crippen molar-refractivity contribution >= 4 is 11.6 Å². The number of halogens is 1. The Balaban J connectivity index is 3.13. The SMILES string of the molecule is Nn1cc(CCl)oc1=O. The van der Waals surface area contributed by atoms with Crippen LogP contribution in [-0.4, -0.2) is 4.68 Å². The van der Waals surface area contributed by atoms with Crippen molar-refractivity contribution < 1.29 is 4.42 Å². The summed E-state index contributed by atoms with van der Waals surface area (Å²) in [5.41, 5.74) is 0. The van der Waals surface area contributed by atoms with E-state index in [1.165, 1.54) is 6.20 Å². The molecule has 4 nitrogen and oxygen atoms in total. The topological polar surface area (TPSA) is 61.2 Å². The van der Waals surface area contributed by atoms with Gasteiger partial charge in [-0.3, -0.25) is 0 Å². The number of nitrogens with zero attached hydrogens (tertiary/aromatic N) is 1. The standard InChI is InChI=1S/C4H5ClN2O2/c5-1-3-2-7(6)4(8)9-3/h2H,1,6H2. The van der Waals surface area contributed by atoms with Crippen molar-refractivity contribution in [3.05, 3.63) is 22.5 Å². The summed E-state index contributed by atoms with van der Waals surface area (Å²) in [5, 5.41) is 0. The molecule has 0 aliphatic heterocycles. The molecule has 0 radical (unpaired) electrons. The second-order valence-electron chi connectivity index (χ2n) is 1.50. The minimum Gasteiger partial charge on any atom is -0.410 e. The first-order valence-electron chi connectivity index (χ1n) is 2.26. The maximum atomic E-state index is 10.4. The molecule has 1 aromatic heterocycles. The van der Waals surface area contributed by atoms with Gasteiger partial charge in [-0.15, -0.1) is 11.6 Å². The predicted molar refractivity (Wildman–Crippen MR) is 32.7 cm³/mol. The van der Waals surface area contributed by atoms with E-state index >= 15 is 0 Å². The molecule has 0 bridgehead atoms. The van der Waals surface area contributed by atoms with Gasteiger partial charge in [-0.05, 0) is 0 Å². The molecule has 50 valence electrons. The highest BCUT2D eigenvalue weighted by Gasteiger charge is 1.98. The number of hydrogen-bond donors (Lipinski definition) is 1. The summed E-state index contributed by atoms with van der Waals surface area (Å²) < 4.78 is 5.36. The van der Waals surface area contributed by atoms with E-state index in [1.54, 1.807) is 0 Å².